The number of hydrogen-bond donors (Lipinski definition) is 0. The molecule has 0 aromatic heterocycles. The van der Waals surface area contributed by atoms with Crippen LogP contribution in [0.15, 0.2) is 146 Å². The smallest absolute Gasteiger partial charge is 0.0111 e. The first-order valence-corrected chi connectivity index (χ1v) is 10.2. The van der Waals surface area contributed by atoms with Gasteiger partial charge in [-0.25, -0.2) is 0 Å². The molecule has 0 fully saturated rings. The van der Waals surface area contributed by atoms with Crippen molar-refractivity contribution >= 4 is 11.1 Å². The van der Waals surface area contributed by atoms with E-state index in [0.29, 0.717) is 0 Å². The van der Waals surface area contributed by atoms with E-state index in [0.717, 1.165) is 0 Å². The van der Waals surface area contributed by atoms with Gasteiger partial charge in [0.25, 0.3) is 0 Å². The largest absolute Gasteiger partial charge is 0.0622 e. The molecule has 0 bridgehead atoms. The Kier molecular flexibility index (Phi) is 6.50. The van der Waals surface area contributed by atoms with Crippen LogP contribution in [0.25, 0.3) is 11.1 Å². The molecule has 0 atom stereocenters. The van der Waals surface area contributed by atoms with Crippen LogP contribution in [0.2, 0.25) is 0 Å². The molecule has 0 aliphatic rings. The summed E-state index contributed by atoms with van der Waals surface area (Å²) in [6, 6.07) is 42.1. The van der Waals surface area contributed by atoms with Crippen LogP contribution >= 0.6 is 0 Å². The molecule has 4 aromatic rings. The number of hydrogen-bond acceptors (Lipinski definition) is 0. The summed E-state index contributed by atoms with van der Waals surface area (Å²) >= 11 is 0. The van der Waals surface area contributed by atoms with E-state index in [4.69, 9.17) is 0 Å². The van der Waals surface area contributed by atoms with E-state index >= 15 is 0 Å². The minimum Gasteiger partial charge on any atom is -0.0622 e. The molecule has 144 valence electrons. The molecule has 4 aromatic carbocycles. The maximum atomic E-state index is 2.19. The van der Waals surface area contributed by atoms with Crippen LogP contribution in [0.3, 0.4) is 0 Å². The van der Waals surface area contributed by atoms with Crippen LogP contribution in [-0.4, -0.2) is 0 Å². The van der Waals surface area contributed by atoms with Crippen molar-refractivity contribution in [2.75, 3.05) is 0 Å². The van der Waals surface area contributed by atoms with Gasteiger partial charge >= 0.3 is 0 Å². The molecule has 0 aliphatic heterocycles. The maximum absolute atomic E-state index is 2.19. The lowest BCUT2D eigenvalue weighted by atomic mass is 9.96. The van der Waals surface area contributed by atoms with Gasteiger partial charge in [0.2, 0.25) is 0 Å². The molecule has 30 heavy (non-hydrogen) atoms. The van der Waals surface area contributed by atoms with Crippen molar-refractivity contribution in [2.45, 2.75) is 0 Å². The zero-order valence-corrected chi connectivity index (χ0v) is 16.9. The Morgan fingerprint density at radius 1 is 0.333 bits per heavy atom. The van der Waals surface area contributed by atoms with Crippen LogP contribution in [0.1, 0.15) is 22.3 Å². The van der Waals surface area contributed by atoms with Gasteiger partial charge in [-0.3, -0.25) is 0 Å². The third kappa shape index (κ3) is 4.92. The first-order valence-electron chi connectivity index (χ1n) is 10.2. The summed E-state index contributed by atoms with van der Waals surface area (Å²) in [4.78, 5) is 0. The highest BCUT2D eigenvalue weighted by atomic mass is 14.1. The fourth-order valence-corrected chi connectivity index (χ4v) is 3.49. The second-order valence-corrected chi connectivity index (χ2v) is 7.01. The normalized spacial score (nSPS) is 10.5. The molecule has 0 amide bonds. The molecule has 0 heteroatoms. The number of allylic oxidation sites excluding steroid dienone is 4. The number of benzene rings is 4. The minimum absolute atomic E-state index is 1.21. The summed E-state index contributed by atoms with van der Waals surface area (Å²) in [5.41, 5.74) is 7.27. The Hall–Kier alpha value is -3.90. The standard InChI is InChI=1S/C30H24/c1-5-15-25(16-6-1)29(26-17-7-2-8-18-26)23-13-14-24-30(27-19-9-3-10-20-27)28-21-11-4-12-22-28/h1-24H/b14-13+. The van der Waals surface area contributed by atoms with E-state index < -0.39 is 0 Å². The van der Waals surface area contributed by atoms with E-state index in [-0.39, 0.29) is 0 Å². The number of rotatable bonds is 6. The van der Waals surface area contributed by atoms with Gasteiger partial charge < -0.3 is 0 Å². The van der Waals surface area contributed by atoms with E-state index in [1.165, 1.54) is 33.4 Å². The first-order chi connectivity index (χ1) is 14.9. The average molecular weight is 385 g/mol. The second-order valence-electron chi connectivity index (χ2n) is 7.01. The molecule has 0 radical (unpaired) electrons. The molecule has 4 rings (SSSR count). The first kappa shape index (κ1) is 19.4. The summed E-state index contributed by atoms with van der Waals surface area (Å²) in [6.07, 6.45) is 8.63. The molecule has 0 unspecified atom stereocenters. The molecule has 0 spiro atoms. The molecular weight excluding hydrogens is 360 g/mol. The van der Waals surface area contributed by atoms with Crippen molar-refractivity contribution in [3.63, 3.8) is 0 Å². The van der Waals surface area contributed by atoms with Gasteiger partial charge in [-0.05, 0) is 33.4 Å². The zero-order chi connectivity index (χ0) is 20.4. The predicted octanol–water partition coefficient (Wildman–Crippen LogP) is 7.81. The monoisotopic (exact) mass is 384 g/mol. The summed E-state index contributed by atoms with van der Waals surface area (Å²) in [5, 5.41) is 0. The van der Waals surface area contributed by atoms with E-state index in [2.05, 4.69) is 146 Å². The minimum atomic E-state index is 1.21. The van der Waals surface area contributed by atoms with Crippen LogP contribution in [-0.2, 0) is 0 Å². The van der Waals surface area contributed by atoms with Gasteiger partial charge in [-0.1, -0.05) is 146 Å². The van der Waals surface area contributed by atoms with E-state index in [1.54, 1.807) is 0 Å². The third-order valence-electron chi connectivity index (χ3n) is 4.98. The van der Waals surface area contributed by atoms with Crippen LogP contribution in [0.4, 0.5) is 0 Å². The van der Waals surface area contributed by atoms with Crippen molar-refractivity contribution in [3.8, 4) is 0 Å². The lowest BCUT2D eigenvalue weighted by Gasteiger charge is -2.08. The van der Waals surface area contributed by atoms with Gasteiger partial charge in [0.1, 0.15) is 0 Å². The van der Waals surface area contributed by atoms with Gasteiger partial charge in [0.15, 0.2) is 0 Å². The Labute approximate surface area is 179 Å². The summed E-state index contributed by atoms with van der Waals surface area (Å²) in [7, 11) is 0. The molecule has 0 N–H and O–H groups in total. The predicted molar refractivity (Wildman–Crippen MR) is 129 cm³/mol. The third-order valence-corrected chi connectivity index (χ3v) is 4.98. The fraction of sp³-hybridized carbons (Fsp3) is 0. The lowest BCUT2D eigenvalue weighted by Crippen LogP contribution is -1.87. The molecule has 0 nitrogen and oxygen atoms in total. The Morgan fingerprint density at radius 3 is 0.800 bits per heavy atom. The summed E-state index contributed by atoms with van der Waals surface area (Å²) < 4.78 is 0. The Balaban J connectivity index is 1.70. The molecular formula is C30H24. The molecule has 0 saturated heterocycles. The molecule has 0 saturated carbocycles. The van der Waals surface area contributed by atoms with Gasteiger partial charge in [-0.2, -0.15) is 0 Å². The lowest BCUT2D eigenvalue weighted by molar-refractivity contribution is 1.54. The highest BCUT2D eigenvalue weighted by molar-refractivity contribution is 5.82. The van der Waals surface area contributed by atoms with E-state index in [1.807, 2.05) is 0 Å². The van der Waals surface area contributed by atoms with Crippen LogP contribution in [0, 0.1) is 0 Å². The van der Waals surface area contributed by atoms with Crippen LogP contribution < -0.4 is 0 Å². The van der Waals surface area contributed by atoms with Crippen LogP contribution in [0.5, 0.6) is 0 Å². The summed E-state index contributed by atoms with van der Waals surface area (Å²) in [6.45, 7) is 0. The van der Waals surface area contributed by atoms with E-state index in [9.17, 15) is 0 Å². The van der Waals surface area contributed by atoms with Crippen molar-refractivity contribution in [2.24, 2.45) is 0 Å². The van der Waals surface area contributed by atoms with Crippen molar-refractivity contribution in [1.29, 1.82) is 0 Å². The fourth-order valence-electron chi connectivity index (χ4n) is 3.49. The van der Waals surface area contributed by atoms with Gasteiger partial charge in [0.05, 0.1) is 0 Å². The SMILES string of the molecule is C(/C=C/C=C(c1ccccc1)c1ccccc1)=C(c1ccccc1)c1ccccc1. The second kappa shape index (κ2) is 10.0. The average Bonchev–Trinajstić information content (AvgIpc) is 2.84. The zero-order valence-electron chi connectivity index (χ0n) is 16.9. The topological polar surface area (TPSA) is 0 Å². The van der Waals surface area contributed by atoms with Gasteiger partial charge in [0, 0.05) is 0 Å². The summed E-state index contributed by atoms with van der Waals surface area (Å²) in [5.74, 6) is 0. The molecule has 0 aliphatic carbocycles. The Bertz CT molecular complexity index is 956. The quantitative estimate of drug-likeness (QED) is 0.297. The molecule has 0 heterocycles. The van der Waals surface area contributed by atoms with Crippen molar-refractivity contribution in [3.05, 3.63) is 168 Å². The van der Waals surface area contributed by atoms with Crippen molar-refractivity contribution < 1.29 is 0 Å². The Morgan fingerprint density at radius 2 is 0.567 bits per heavy atom. The highest BCUT2D eigenvalue weighted by Gasteiger charge is 2.04. The maximum Gasteiger partial charge on any atom is -0.0111 e. The van der Waals surface area contributed by atoms with Crippen molar-refractivity contribution in [1.82, 2.24) is 0 Å². The highest BCUT2D eigenvalue weighted by Crippen LogP contribution is 2.25. The van der Waals surface area contributed by atoms with Gasteiger partial charge in [-0.15, -0.1) is 0 Å².